The summed E-state index contributed by atoms with van der Waals surface area (Å²) in [5, 5.41) is 0.749. The van der Waals surface area contributed by atoms with Crippen molar-refractivity contribution in [1.82, 2.24) is 4.57 Å². The summed E-state index contributed by atoms with van der Waals surface area (Å²) in [6.07, 6.45) is 0. The largest absolute Gasteiger partial charge is 0.497 e. The van der Waals surface area contributed by atoms with Crippen LogP contribution < -0.4 is 9.47 Å². The third kappa shape index (κ3) is 4.46. The lowest BCUT2D eigenvalue weighted by Crippen LogP contribution is -2.14. The van der Waals surface area contributed by atoms with Crippen molar-refractivity contribution in [2.45, 2.75) is 13.8 Å². The van der Waals surface area contributed by atoms with E-state index in [1.807, 2.05) is 60.0 Å². The first kappa shape index (κ1) is 22.1. The van der Waals surface area contributed by atoms with Crippen molar-refractivity contribution in [3.63, 3.8) is 0 Å². The highest BCUT2D eigenvalue weighted by molar-refractivity contribution is 6.18. The molecule has 0 radical (unpaired) electrons. The van der Waals surface area contributed by atoms with Crippen LogP contribution in [0.5, 0.6) is 11.5 Å². The van der Waals surface area contributed by atoms with Gasteiger partial charge in [0.1, 0.15) is 11.5 Å². The Hall–Kier alpha value is -4.06. The highest BCUT2D eigenvalue weighted by Gasteiger charge is 2.22. The molecule has 0 atom stereocenters. The van der Waals surface area contributed by atoms with Crippen LogP contribution >= 0.6 is 0 Å². The molecule has 0 unspecified atom stereocenters. The summed E-state index contributed by atoms with van der Waals surface area (Å²) in [4.78, 5) is 25.3. The Morgan fingerprint density at radius 1 is 0.909 bits per heavy atom. The predicted molar refractivity (Wildman–Crippen MR) is 127 cm³/mol. The van der Waals surface area contributed by atoms with E-state index >= 15 is 0 Å². The fourth-order valence-corrected chi connectivity index (χ4v) is 3.92. The van der Waals surface area contributed by atoms with Gasteiger partial charge in [0.15, 0.2) is 12.4 Å². The Morgan fingerprint density at radius 3 is 2.27 bits per heavy atom. The third-order valence-corrected chi connectivity index (χ3v) is 5.43. The molecule has 0 saturated carbocycles. The van der Waals surface area contributed by atoms with Crippen LogP contribution in [0.15, 0.2) is 72.8 Å². The number of aromatic nitrogens is 1. The number of ether oxygens (including phenoxy) is 3. The van der Waals surface area contributed by atoms with Gasteiger partial charge in [0.25, 0.3) is 0 Å². The molecule has 0 fully saturated rings. The van der Waals surface area contributed by atoms with Crippen molar-refractivity contribution in [2.24, 2.45) is 0 Å². The molecule has 1 heterocycles. The predicted octanol–water partition coefficient (Wildman–Crippen LogP) is 5.12. The van der Waals surface area contributed by atoms with E-state index in [1.165, 1.54) is 0 Å². The third-order valence-electron chi connectivity index (χ3n) is 5.43. The first-order valence-corrected chi connectivity index (χ1v) is 10.7. The molecule has 6 nitrogen and oxygen atoms in total. The normalized spacial score (nSPS) is 10.8. The number of carbonyl (C=O) groups excluding carboxylic acids is 2. The van der Waals surface area contributed by atoms with Gasteiger partial charge in [-0.05, 0) is 56.3 Å². The lowest BCUT2D eigenvalue weighted by atomic mass is 10.0. The molecule has 0 amide bonds. The molecule has 0 saturated heterocycles. The Bertz CT molecular complexity index is 1290. The van der Waals surface area contributed by atoms with E-state index in [9.17, 15) is 9.59 Å². The lowest BCUT2D eigenvalue weighted by molar-refractivity contribution is -0.145. The second-order valence-corrected chi connectivity index (χ2v) is 7.46. The second-order valence-electron chi connectivity index (χ2n) is 7.46. The standard InChI is InChI=1S/C27H25NO5/c1-4-32-25(29)17-33-22-14-15-24-23(16-22)26(27(30)19-8-6-5-7-9-19)18(2)28(24)20-10-12-21(31-3)13-11-20/h5-16H,4,17H2,1-3H3. The number of carbonyl (C=O) groups is 2. The minimum absolute atomic E-state index is 0.0760. The molecule has 0 aliphatic carbocycles. The number of benzene rings is 3. The molecule has 3 aromatic carbocycles. The van der Waals surface area contributed by atoms with Crippen molar-refractivity contribution in [3.8, 4) is 17.2 Å². The average Bonchev–Trinajstić information content (AvgIpc) is 3.14. The number of hydrogen-bond donors (Lipinski definition) is 0. The number of esters is 1. The Labute approximate surface area is 192 Å². The summed E-state index contributed by atoms with van der Waals surface area (Å²) >= 11 is 0. The minimum Gasteiger partial charge on any atom is -0.497 e. The molecular formula is C27H25NO5. The zero-order valence-corrected chi connectivity index (χ0v) is 18.8. The summed E-state index contributed by atoms with van der Waals surface area (Å²) in [6.45, 7) is 3.77. The smallest absolute Gasteiger partial charge is 0.344 e. The van der Waals surface area contributed by atoms with Gasteiger partial charge >= 0.3 is 5.97 Å². The number of nitrogens with zero attached hydrogens (tertiary/aromatic N) is 1. The van der Waals surface area contributed by atoms with Crippen molar-refractivity contribution in [2.75, 3.05) is 20.3 Å². The number of ketones is 1. The van der Waals surface area contributed by atoms with E-state index < -0.39 is 5.97 Å². The maximum Gasteiger partial charge on any atom is 0.344 e. The Morgan fingerprint density at radius 2 is 1.61 bits per heavy atom. The van der Waals surface area contributed by atoms with E-state index in [4.69, 9.17) is 14.2 Å². The maximum absolute atomic E-state index is 13.5. The van der Waals surface area contributed by atoms with Crippen LogP contribution in [0.1, 0.15) is 28.5 Å². The minimum atomic E-state index is -0.440. The monoisotopic (exact) mass is 443 g/mol. The Kier molecular flexibility index (Phi) is 6.45. The van der Waals surface area contributed by atoms with Crippen LogP contribution in [0.25, 0.3) is 16.6 Å². The molecule has 0 spiro atoms. The van der Waals surface area contributed by atoms with Crippen LogP contribution in [0.2, 0.25) is 0 Å². The quantitative estimate of drug-likeness (QED) is 0.279. The van der Waals surface area contributed by atoms with Gasteiger partial charge in [-0.1, -0.05) is 30.3 Å². The van der Waals surface area contributed by atoms with Gasteiger partial charge in [-0.3, -0.25) is 4.79 Å². The number of methoxy groups -OCH3 is 1. The van der Waals surface area contributed by atoms with Gasteiger partial charge in [-0.2, -0.15) is 0 Å². The highest BCUT2D eigenvalue weighted by Crippen LogP contribution is 2.34. The molecule has 0 aliphatic heterocycles. The molecular weight excluding hydrogens is 418 g/mol. The lowest BCUT2D eigenvalue weighted by Gasteiger charge is -2.10. The zero-order valence-electron chi connectivity index (χ0n) is 18.8. The molecule has 1 aromatic heterocycles. The first-order valence-electron chi connectivity index (χ1n) is 10.7. The van der Waals surface area contributed by atoms with Crippen LogP contribution in [0.4, 0.5) is 0 Å². The second kappa shape index (κ2) is 9.61. The van der Waals surface area contributed by atoms with E-state index in [2.05, 4.69) is 0 Å². The molecule has 4 rings (SSSR count). The van der Waals surface area contributed by atoms with Gasteiger partial charge in [-0.15, -0.1) is 0 Å². The fourth-order valence-electron chi connectivity index (χ4n) is 3.92. The van der Waals surface area contributed by atoms with E-state index in [0.717, 1.165) is 28.0 Å². The molecule has 6 heteroatoms. The van der Waals surface area contributed by atoms with Gasteiger partial charge in [-0.25, -0.2) is 4.79 Å². The van der Waals surface area contributed by atoms with Crippen LogP contribution in [0.3, 0.4) is 0 Å². The average molecular weight is 443 g/mol. The summed E-state index contributed by atoms with van der Waals surface area (Å²) in [5.74, 6) is 0.728. The van der Waals surface area contributed by atoms with E-state index in [1.54, 1.807) is 38.3 Å². The van der Waals surface area contributed by atoms with Gasteiger partial charge in [0.05, 0.1) is 24.8 Å². The Balaban J connectivity index is 1.85. The van der Waals surface area contributed by atoms with Gasteiger partial charge < -0.3 is 18.8 Å². The molecule has 0 aliphatic rings. The van der Waals surface area contributed by atoms with Gasteiger partial charge in [0.2, 0.25) is 0 Å². The van der Waals surface area contributed by atoms with Crippen LogP contribution in [0, 0.1) is 6.92 Å². The summed E-state index contributed by atoms with van der Waals surface area (Å²) < 4.78 is 17.9. The van der Waals surface area contributed by atoms with Crippen molar-refractivity contribution >= 4 is 22.7 Å². The zero-order chi connectivity index (χ0) is 23.4. The number of hydrogen-bond acceptors (Lipinski definition) is 5. The number of fused-ring (bicyclic) bond motifs is 1. The fraction of sp³-hybridized carbons (Fsp3) is 0.185. The van der Waals surface area contributed by atoms with Gasteiger partial charge in [0, 0.05) is 22.3 Å². The topological polar surface area (TPSA) is 66.8 Å². The summed E-state index contributed by atoms with van der Waals surface area (Å²) in [6, 6.07) is 22.3. The molecule has 168 valence electrons. The van der Waals surface area contributed by atoms with Crippen molar-refractivity contribution in [1.29, 1.82) is 0 Å². The van der Waals surface area contributed by atoms with Crippen LogP contribution in [-0.2, 0) is 9.53 Å². The number of rotatable bonds is 8. The van der Waals surface area contributed by atoms with E-state index in [-0.39, 0.29) is 12.4 Å². The van der Waals surface area contributed by atoms with Crippen LogP contribution in [-0.4, -0.2) is 36.6 Å². The highest BCUT2D eigenvalue weighted by atomic mass is 16.6. The maximum atomic E-state index is 13.5. The molecule has 0 N–H and O–H groups in total. The van der Waals surface area contributed by atoms with Crippen molar-refractivity contribution in [3.05, 3.63) is 89.6 Å². The SMILES string of the molecule is CCOC(=O)COc1ccc2c(c1)c(C(=O)c1ccccc1)c(C)n2-c1ccc(OC)cc1. The first-order chi connectivity index (χ1) is 16.0. The molecule has 0 bridgehead atoms. The molecule has 33 heavy (non-hydrogen) atoms. The summed E-state index contributed by atoms with van der Waals surface area (Å²) in [5.41, 5.74) is 3.78. The van der Waals surface area contributed by atoms with E-state index in [0.29, 0.717) is 23.5 Å². The molecule has 4 aromatic rings. The van der Waals surface area contributed by atoms with Crippen molar-refractivity contribution < 1.29 is 23.8 Å². The summed E-state index contributed by atoms with van der Waals surface area (Å²) in [7, 11) is 1.62.